The number of H-pyrrole nitrogens is 1. The molecule has 6 heteroatoms. The van der Waals surface area contributed by atoms with E-state index in [2.05, 4.69) is 38.9 Å². The Kier molecular flexibility index (Phi) is 4.25. The predicted molar refractivity (Wildman–Crippen MR) is 67.0 cm³/mol. The molecule has 1 aromatic heterocycles. The summed E-state index contributed by atoms with van der Waals surface area (Å²) in [7, 11) is 0. The van der Waals surface area contributed by atoms with Gasteiger partial charge in [0.05, 0.1) is 13.2 Å². The van der Waals surface area contributed by atoms with Crippen LogP contribution < -0.4 is 10.1 Å². The van der Waals surface area contributed by atoms with Crippen molar-refractivity contribution in [1.82, 2.24) is 25.9 Å². The second kappa shape index (κ2) is 6.11. The monoisotopic (exact) mass is 247 g/mol. The molecule has 0 radical (unpaired) electrons. The van der Waals surface area contributed by atoms with Gasteiger partial charge in [-0.25, -0.2) is 0 Å². The maximum atomic E-state index is 5.61. The zero-order valence-electron chi connectivity index (χ0n) is 10.6. The van der Waals surface area contributed by atoms with Crippen molar-refractivity contribution >= 4 is 0 Å². The third-order valence-corrected chi connectivity index (χ3v) is 2.64. The SMILES string of the molecule is CCOc1ccccc1C(C)NCc1nn[nH]n1. The molecular weight excluding hydrogens is 230 g/mol. The van der Waals surface area contributed by atoms with Crippen molar-refractivity contribution in [2.24, 2.45) is 0 Å². The fourth-order valence-corrected chi connectivity index (χ4v) is 1.74. The van der Waals surface area contributed by atoms with E-state index in [4.69, 9.17) is 4.74 Å². The Hall–Kier alpha value is -1.95. The highest BCUT2D eigenvalue weighted by molar-refractivity contribution is 5.35. The van der Waals surface area contributed by atoms with Gasteiger partial charge >= 0.3 is 0 Å². The van der Waals surface area contributed by atoms with Crippen LogP contribution >= 0.6 is 0 Å². The highest BCUT2D eigenvalue weighted by Crippen LogP contribution is 2.24. The normalized spacial score (nSPS) is 12.3. The summed E-state index contributed by atoms with van der Waals surface area (Å²) < 4.78 is 5.61. The van der Waals surface area contributed by atoms with Crippen LogP contribution in [0.15, 0.2) is 24.3 Å². The van der Waals surface area contributed by atoms with Gasteiger partial charge in [0, 0.05) is 11.6 Å². The summed E-state index contributed by atoms with van der Waals surface area (Å²) in [5.41, 5.74) is 1.13. The van der Waals surface area contributed by atoms with E-state index in [1.807, 2.05) is 25.1 Å². The number of para-hydroxylation sites is 1. The minimum absolute atomic E-state index is 0.159. The molecule has 1 atom stereocenters. The molecule has 2 rings (SSSR count). The molecule has 2 aromatic rings. The maximum Gasteiger partial charge on any atom is 0.188 e. The lowest BCUT2D eigenvalue weighted by molar-refractivity contribution is 0.332. The molecule has 0 saturated heterocycles. The molecular formula is C12H17N5O. The lowest BCUT2D eigenvalue weighted by atomic mass is 10.1. The average Bonchev–Trinajstić information content (AvgIpc) is 2.90. The Morgan fingerprint density at radius 1 is 1.39 bits per heavy atom. The average molecular weight is 247 g/mol. The van der Waals surface area contributed by atoms with E-state index >= 15 is 0 Å². The van der Waals surface area contributed by atoms with Gasteiger partial charge in [0.15, 0.2) is 5.82 Å². The largest absolute Gasteiger partial charge is 0.494 e. The summed E-state index contributed by atoms with van der Waals surface area (Å²) in [4.78, 5) is 0. The molecule has 2 N–H and O–H groups in total. The highest BCUT2D eigenvalue weighted by atomic mass is 16.5. The third-order valence-electron chi connectivity index (χ3n) is 2.64. The van der Waals surface area contributed by atoms with Gasteiger partial charge in [-0.3, -0.25) is 0 Å². The fourth-order valence-electron chi connectivity index (χ4n) is 1.74. The first kappa shape index (κ1) is 12.5. The molecule has 0 aliphatic carbocycles. The topological polar surface area (TPSA) is 75.7 Å². The van der Waals surface area contributed by atoms with Crippen LogP contribution in [-0.4, -0.2) is 27.2 Å². The fraction of sp³-hybridized carbons (Fsp3) is 0.417. The molecule has 18 heavy (non-hydrogen) atoms. The van der Waals surface area contributed by atoms with E-state index in [9.17, 15) is 0 Å². The number of aromatic amines is 1. The van der Waals surface area contributed by atoms with Crippen molar-refractivity contribution in [1.29, 1.82) is 0 Å². The Labute approximate surface area is 106 Å². The van der Waals surface area contributed by atoms with Crippen LogP contribution in [0.5, 0.6) is 5.75 Å². The molecule has 1 heterocycles. The van der Waals surface area contributed by atoms with Crippen molar-refractivity contribution in [3.63, 3.8) is 0 Å². The van der Waals surface area contributed by atoms with Gasteiger partial charge in [0.2, 0.25) is 0 Å². The quantitative estimate of drug-likeness (QED) is 0.808. The van der Waals surface area contributed by atoms with Crippen LogP contribution in [0.4, 0.5) is 0 Å². The second-order valence-corrected chi connectivity index (χ2v) is 3.90. The van der Waals surface area contributed by atoms with Crippen LogP contribution in [0.25, 0.3) is 0 Å². The molecule has 0 amide bonds. The van der Waals surface area contributed by atoms with Crippen LogP contribution in [-0.2, 0) is 6.54 Å². The summed E-state index contributed by atoms with van der Waals surface area (Å²) in [6, 6.07) is 8.17. The molecule has 0 spiro atoms. The Bertz CT molecular complexity index is 471. The van der Waals surface area contributed by atoms with E-state index in [-0.39, 0.29) is 6.04 Å². The summed E-state index contributed by atoms with van der Waals surface area (Å²) in [6.07, 6.45) is 0. The third kappa shape index (κ3) is 3.04. The first-order chi connectivity index (χ1) is 8.81. The molecule has 0 aliphatic rings. The number of benzene rings is 1. The van der Waals surface area contributed by atoms with E-state index in [0.29, 0.717) is 19.0 Å². The first-order valence-corrected chi connectivity index (χ1v) is 5.98. The van der Waals surface area contributed by atoms with Crippen LogP contribution in [0.2, 0.25) is 0 Å². The maximum absolute atomic E-state index is 5.61. The Morgan fingerprint density at radius 2 is 2.22 bits per heavy atom. The van der Waals surface area contributed by atoms with E-state index in [1.54, 1.807) is 0 Å². The summed E-state index contributed by atoms with van der Waals surface area (Å²) in [5, 5.41) is 17.1. The van der Waals surface area contributed by atoms with Crippen molar-refractivity contribution in [3.8, 4) is 5.75 Å². The number of tetrazole rings is 1. The van der Waals surface area contributed by atoms with Crippen molar-refractivity contribution in [2.75, 3.05) is 6.61 Å². The molecule has 0 aliphatic heterocycles. The number of nitrogens with zero attached hydrogens (tertiary/aromatic N) is 3. The number of rotatable bonds is 6. The van der Waals surface area contributed by atoms with Crippen LogP contribution in [0, 0.1) is 0 Å². The van der Waals surface area contributed by atoms with Gasteiger partial charge < -0.3 is 10.1 Å². The number of hydrogen-bond donors (Lipinski definition) is 2. The minimum atomic E-state index is 0.159. The molecule has 0 fully saturated rings. The van der Waals surface area contributed by atoms with E-state index in [0.717, 1.165) is 11.3 Å². The zero-order chi connectivity index (χ0) is 12.8. The molecule has 0 saturated carbocycles. The lowest BCUT2D eigenvalue weighted by Crippen LogP contribution is -2.19. The van der Waals surface area contributed by atoms with Gasteiger partial charge in [-0.05, 0) is 19.9 Å². The highest BCUT2D eigenvalue weighted by Gasteiger charge is 2.11. The zero-order valence-corrected chi connectivity index (χ0v) is 10.6. The Morgan fingerprint density at radius 3 is 2.94 bits per heavy atom. The first-order valence-electron chi connectivity index (χ1n) is 5.98. The summed E-state index contributed by atoms with van der Waals surface area (Å²) >= 11 is 0. The van der Waals surface area contributed by atoms with Gasteiger partial charge in [0.1, 0.15) is 5.75 Å². The smallest absolute Gasteiger partial charge is 0.188 e. The Balaban J connectivity index is 2.01. The number of ether oxygens (including phenoxy) is 1. The van der Waals surface area contributed by atoms with Crippen molar-refractivity contribution in [2.45, 2.75) is 26.4 Å². The van der Waals surface area contributed by atoms with E-state index in [1.165, 1.54) is 0 Å². The summed E-state index contributed by atoms with van der Waals surface area (Å²) in [5.74, 6) is 1.56. The van der Waals surface area contributed by atoms with Crippen LogP contribution in [0.3, 0.4) is 0 Å². The van der Waals surface area contributed by atoms with Crippen molar-refractivity contribution < 1.29 is 4.74 Å². The second-order valence-electron chi connectivity index (χ2n) is 3.90. The van der Waals surface area contributed by atoms with Crippen LogP contribution in [0.1, 0.15) is 31.3 Å². The number of aromatic nitrogens is 4. The minimum Gasteiger partial charge on any atom is -0.494 e. The van der Waals surface area contributed by atoms with Gasteiger partial charge in [-0.15, -0.1) is 10.2 Å². The predicted octanol–water partition coefficient (Wildman–Crippen LogP) is 1.45. The number of nitrogens with one attached hydrogen (secondary N) is 2. The number of hydrogen-bond acceptors (Lipinski definition) is 5. The van der Waals surface area contributed by atoms with Gasteiger partial charge in [0.25, 0.3) is 0 Å². The van der Waals surface area contributed by atoms with E-state index < -0.39 is 0 Å². The molecule has 0 bridgehead atoms. The molecule has 1 unspecified atom stereocenters. The molecule has 96 valence electrons. The van der Waals surface area contributed by atoms with Gasteiger partial charge in [-0.2, -0.15) is 5.21 Å². The van der Waals surface area contributed by atoms with Crippen molar-refractivity contribution in [3.05, 3.63) is 35.7 Å². The lowest BCUT2D eigenvalue weighted by Gasteiger charge is -2.17. The molecule has 1 aromatic carbocycles. The summed E-state index contributed by atoms with van der Waals surface area (Å²) in [6.45, 7) is 5.29. The molecule has 6 nitrogen and oxygen atoms in total. The van der Waals surface area contributed by atoms with Gasteiger partial charge in [-0.1, -0.05) is 23.4 Å². The standard InChI is InChI=1S/C12H17N5O/c1-3-18-11-7-5-4-6-10(11)9(2)13-8-12-14-16-17-15-12/h4-7,9,13H,3,8H2,1-2H3,(H,14,15,16,17).